The first-order chi connectivity index (χ1) is 9.71. The maximum Gasteiger partial charge on any atom is 0.262 e. The third kappa shape index (κ3) is 4.18. The van der Waals surface area contributed by atoms with Crippen molar-refractivity contribution in [2.75, 3.05) is 13.2 Å². The lowest BCUT2D eigenvalue weighted by Gasteiger charge is -2.34. The van der Waals surface area contributed by atoms with E-state index in [2.05, 4.69) is 21.2 Å². The highest BCUT2D eigenvalue weighted by Crippen LogP contribution is 2.27. The Morgan fingerprint density at radius 3 is 2.57 bits per heavy atom. The summed E-state index contributed by atoms with van der Waals surface area (Å²) in [6.45, 7) is 3.14. The van der Waals surface area contributed by atoms with Crippen LogP contribution in [0.5, 0.6) is 0 Å². The number of carbonyl (C=O) groups excluding carboxylic acids is 1. The van der Waals surface area contributed by atoms with E-state index < -0.39 is 9.05 Å². The van der Waals surface area contributed by atoms with Gasteiger partial charge in [0.15, 0.2) is 0 Å². The highest BCUT2D eigenvalue weighted by Gasteiger charge is 2.29. The van der Waals surface area contributed by atoms with Gasteiger partial charge in [-0.05, 0) is 53.9 Å². The molecule has 1 aromatic rings. The number of hydrogen-bond acceptors (Lipinski definition) is 4. The van der Waals surface area contributed by atoms with E-state index in [-0.39, 0.29) is 21.9 Å². The monoisotopic (exact) mass is 395 g/mol. The van der Waals surface area contributed by atoms with E-state index in [1.165, 1.54) is 12.1 Å². The van der Waals surface area contributed by atoms with E-state index in [9.17, 15) is 13.2 Å². The Morgan fingerprint density at radius 1 is 1.38 bits per heavy atom. The Morgan fingerprint density at radius 2 is 2.00 bits per heavy atom. The molecule has 0 spiro atoms. The SMILES string of the molecule is CC1(NC(=O)c2ccc(Br)c(S(=O)(=O)Cl)c2)CCOCC1. The van der Waals surface area contributed by atoms with Gasteiger partial charge in [-0.2, -0.15) is 0 Å². The van der Waals surface area contributed by atoms with Crippen LogP contribution in [-0.4, -0.2) is 33.1 Å². The lowest BCUT2D eigenvalue weighted by atomic mass is 9.92. The molecule has 21 heavy (non-hydrogen) atoms. The summed E-state index contributed by atoms with van der Waals surface area (Å²) in [6, 6.07) is 4.31. The first kappa shape index (κ1) is 16.7. The first-order valence-electron chi connectivity index (χ1n) is 6.36. The van der Waals surface area contributed by atoms with Crippen LogP contribution in [0.3, 0.4) is 0 Å². The summed E-state index contributed by atoms with van der Waals surface area (Å²) in [4.78, 5) is 12.2. The highest BCUT2D eigenvalue weighted by molar-refractivity contribution is 9.10. The smallest absolute Gasteiger partial charge is 0.262 e. The standard InChI is InChI=1S/C13H15BrClNO4S/c1-13(4-6-20-7-5-13)16-12(17)9-2-3-10(14)11(8-9)21(15,18)19/h2-3,8H,4-7H2,1H3,(H,16,17). The van der Waals surface area contributed by atoms with Crippen molar-refractivity contribution in [3.8, 4) is 0 Å². The van der Waals surface area contributed by atoms with Crippen LogP contribution < -0.4 is 5.32 Å². The van der Waals surface area contributed by atoms with Gasteiger partial charge >= 0.3 is 0 Å². The summed E-state index contributed by atoms with van der Waals surface area (Å²) in [5.41, 5.74) is -0.0901. The lowest BCUT2D eigenvalue weighted by Crippen LogP contribution is -2.49. The molecule has 1 amide bonds. The summed E-state index contributed by atoms with van der Waals surface area (Å²) < 4.78 is 28.5. The molecule has 1 saturated heterocycles. The molecule has 1 aromatic carbocycles. The van der Waals surface area contributed by atoms with Crippen molar-refractivity contribution in [3.05, 3.63) is 28.2 Å². The lowest BCUT2D eigenvalue weighted by molar-refractivity contribution is 0.0423. The zero-order chi connectivity index (χ0) is 15.7. The number of ether oxygens (including phenoxy) is 1. The quantitative estimate of drug-likeness (QED) is 0.797. The second-order valence-corrected chi connectivity index (χ2v) is 8.60. The number of hydrogen-bond donors (Lipinski definition) is 1. The molecule has 116 valence electrons. The zero-order valence-electron chi connectivity index (χ0n) is 11.4. The molecule has 0 aromatic heterocycles. The molecule has 8 heteroatoms. The predicted molar refractivity (Wildman–Crippen MR) is 83.1 cm³/mol. The van der Waals surface area contributed by atoms with Gasteiger partial charge in [-0.25, -0.2) is 8.42 Å². The molecule has 0 aliphatic carbocycles. The van der Waals surface area contributed by atoms with Crippen molar-refractivity contribution >= 4 is 41.6 Å². The molecular weight excluding hydrogens is 382 g/mol. The summed E-state index contributed by atoms with van der Waals surface area (Å²) in [5, 5.41) is 2.94. The summed E-state index contributed by atoms with van der Waals surface area (Å²) in [5.74, 6) is -0.325. The van der Waals surface area contributed by atoms with Gasteiger partial charge in [-0.15, -0.1) is 0 Å². The Hall–Kier alpha value is -0.630. The van der Waals surface area contributed by atoms with Crippen LogP contribution in [0.25, 0.3) is 0 Å². The van der Waals surface area contributed by atoms with Crippen molar-refractivity contribution in [1.29, 1.82) is 0 Å². The van der Waals surface area contributed by atoms with Crippen LogP contribution in [0.15, 0.2) is 27.6 Å². The van der Waals surface area contributed by atoms with E-state index >= 15 is 0 Å². The molecule has 2 rings (SSSR count). The molecule has 1 N–H and O–H groups in total. The molecule has 0 radical (unpaired) electrons. The van der Waals surface area contributed by atoms with Crippen molar-refractivity contribution in [3.63, 3.8) is 0 Å². The summed E-state index contributed by atoms with van der Waals surface area (Å²) in [6.07, 6.45) is 1.44. The summed E-state index contributed by atoms with van der Waals surface area (Å²) >= 11 is 3.11. The van der Waals surface area contributed by atoms with Crippen molar-refractivity contribution in [2.24, 2.45) is 0 Å². The van der Waals surface area contributed by atoms with Gasteiger partial charge in [-0.3, -0.25) is 4.79 Å². The van der Waals surface area contributed by atoms with E-state index in [1.54, 1.807) is 6.07 Å². The second-order valence-electron chi connectivity index (χ2n) is 5.21. The van der Waals surface area contributed by atoms with Gasteiger partial charge in [-0.1, -0.05) is 0 Å². The molecule has 0 unspecified atom stereocenters. The fraction of sp³-hybridized carbons (Fsp3) is 0.462. The average molecular weight is 397 g/mol. The number of rotatable bonds is 3. The first-order valence-corrected chi connectivity index (χ1v) is 9.46. The minimum absolute atomic E-state index is 0.117. The van der Waals surface area contributed by atoms with Crippen molar-refractivity contribution < 1.29 is 17.9 Å². The minimum Gasteiger partial charge on any atom is -0.381 e. The molecule has 5 nitrogen and oxygen atoms in total. The molecular formula is C13H15BrClNO4S. The third-order valence-corrected chi connectivity index (χ3v) is 5.78. The van der Waals surface area contributed by atoms with Crippen LogP contribution in [0.1, 0.15) is 30.1 Å². The van der Waals surface area contributed by atoms with E-state index in [4.69, 9.17) is 15.4 Å². The third-order valence-electron chi connectivity index (χ3n) is 3.47. The molecule has 1 fully saturated rings. The van der Waals surface area contributed by atoms with E-state index in [1.807, 2.05) is 6.92 Å². The van der Waals surface area contributed by atoms with Crippen LogP contribution in [0.4, 0.5) is 0 Å². The van der Waals surface area contributed by atoms with Gasteiger partial charge in [0, 0.05) is 39.5 Å². The molecule has 1 aliphatic heterocycles. The Labute approximate surface area is 136 Å². The second kappa shape index (κ2) is 6.24. The van der Waals surface area contributed by atoms with Crippen LogP contribution in [0.2, 0.25) is 0 Å². The van der Waals surface area contributed by atoms with Crippen molar-refractivity contribution in [1.82, 2.24) is 5.32 Å². The fourth-order valence-corrected chi connectivity index (χ4v) is 4.24. The maximum absolute atomic E-state index is 12.3. The predicted octanol–water partition coefficient (Wildman–Crippen LogP) is 2.68. The van der Waals surface area contributed by atoms with Crippen LogP contribution in [-0.2, 0) is 13.8 Å². The fourth-order valence-electron chi connectivity index (χ4n) is 2.12. The van der Waals surface area contributed by atoms with Gasteiger partial charge in [0.25, 0.3) is 15.0 Å². The number of amides is 1. The average Bonchev–Trinajstić information content (AvgIpc) is 2.38. The normalized spacial score (nSPS) is 18.2. The Balaban J connectivity index is 2.24. The molecule has 0 saturated carbocycles. The summed E-state index contributed by atoms with van der Waals surface area (Å²) in [7, 11) is 1.44. The molecule has 0 atom stereocenters. The van der Waals surface area contributed by atoms with Gasteiger partial charge in [0.2, 0.25) is 0 Å². The van der Waals surface area contributed by atoms with E-state index in [0.29, 0.717) is 17.7 Å². The molecule has 0 bridgehead atoms. The number of benzene rings is 1. The largest absolute Gasteiger partial charge is 0.381 e. The number of halogens is 2. The Kier molecular flexibility index (Phi) is 4.97. The number of carbonyl (C=O) groups is 1. The van der Waals surface area contributed by atoms with Gasteiger partial charge < -0.3 is 10.1 Å². The topological polar surface area (TPSA) is 72.5 Å². The van der Waals surface area contributed by atoms with E-state index in [0.717, 1.165) is 12.8 Å². The maximum atomic E-state index is 12.3. The van der Waals surface area contributed by atoms with Gasteiger partial charge in [0.05, 0.1) is 4.90 Å². The molecule has 1 heterocycles. The van der Waals surface area contributed by atoms with Crippen LogP contribution >= 0.6 is 26.6 Å². The number of nitrogens with one attached hydrogen (secondary N) is 1. The highest BCUT2D eigenvalue weighted by atomic mass is 79.9. The molecule has 1 aliphatic rings. The van der Waals surface area contributed by atoms with Crippen LogP contribution in [0, 0.1) is 0 Å². The van der Waals surface area contributed by atoms with Crippen molar-refractivity contribution in [2.45, 2.75) is 30.2 Å². The van der Waals surface area contributed by atoms with Gasteiger partial charge in [0.1, 0.15) is 0 Å². The minimum atomic E-state index is -3.91. The zero-order valence-corrected chi connectivity index (χ0v) is 14.5. The Bertz CT molecular complexity index is 656.